The average molecular weight is 328 g/mol. The molecule has 1 aliphatic rings. The third kappa shape index (κ3) is 2.80. The maximum atomic E-state index is 12.8. The van der Waals surface area contributed by atoms with Crippen molar-refractivity contribution >= 4 is 33.8 Å². The summed E-state index contributed by atoms with van der Waals surface area (Å²) in [6.07, 6.45) is 0. The van der Waals surface area contributed by atoms with Gasteiger partial charge in [0.15, 0.2) is 6.04 Å². The fraction of sp³-hybridized carbons (Fsp3) is 0.100. The lowest BCUT2D eigenvalue weighted by Crippen LogP contribution is -2.29. The Bertz CT molecular complexity index is 990. The largest absolute Gasteiger partial charge is 0.280 e. The van der Waals surface area contributed by atoms with Gasteiger partial charge in [-0.05, 0) is 30.5 Å². The van der Waals surface area contributed by atoms with Crippen molar-refractivity contribution in [3.05, 3.63) is 72.8 Å². The second-order valence-electron chi connectivity index (χ2n) is 5.84. The number of amides is 1. The van der Waals surface area contributed by atoms with Gasteiger partial charge in [-0.15, -0.1) is 0 Å². The average Bonchev–Trinajstić information content (AvgIpc) is 2.94. The zero-order valence-corrected chi connectivity index (χ0v) is 13.7. The van der Waals surface area contributed by atoms with Crippen LogP contribution in [0.25, 0.3) is 10.8 Å². The van der Waals surface area contributed by atoms with E-state index in [2.05, 4.69) is 15.3 Å². The van der Waals surface area contributed by atoms with Crippen molar-refractivity contribution in [3.8, 4) is 0 Å². The number of rotatable bonds is 3. The van der Waals surface area contributed by atoms with E-state index >= 15 is 0 Å². The topological polar surface area (TPSA) is 57.4 Å². The first-order valence-corrected chi connectivity index (χ1v) is 8.07. The minimum Gasteiger partial charge on any atom is -0.269 e. The Hall–Kier alpha value is -3.34. The molecule has 1 heterocycles. The van der Waals surface area contributed by atoms with Gasteiger partial charge in [-0.3, -0.25) is 4.79 Å². The Labute approximate surface area is 145 Å². The molecule has 3 aromatic carbocycles. The number of carbonyl (C=O) groups is 1. The van der Waals surface area contributed by atoms with Crippen LogP contribution in [0, 0.1) is 0 Å². The summed E-state index contributed by atoms with van der Waals surface area (Å²) >= 11 is 0. The monoisotopic (exact) mass is 328 g/mol. The van der Waals surface area contributed by atoms with Gasteiger partial charge in [0, 0.05) is 5.39 Å². The van der Waals surface area contributed by atoms with Gasteiger partial charge >= 0.3 is 0 Å². The van der Waals surface area contributed by atoms with Crippen LogP contribution in [0.5, 0.6) is 0 Å². The van der Waals surface area contributed by atoms with E-state index in [4.69, 9.17) is 0 Å². The number of azo groups is 1. The number of benzene rings is 3. The molecule has 122 valence electrons. The minimum atomic E-state index is -0.681. The Morgan fingerprint density at radius 1 is 0.920 bits per heavy atom. The quantitative estimate of drug-likeness (QED) is 0.642. The highest BCUT2D eigenvalue weighted by molar-refractivity contribution is 6.20. The first-order valence-electron chi connectivity index (χ1n) is 8.07. The molecule has 4 rings (SSSR count). The lowest BCUT2D eigenvalue weighted by Gasteiger charge is -2.15. The highest BCUT2D eigenvalue weighted by Crippen LogP contribution is 2.30. The number of nitrogens with zero attached hydrogens (tertiary/aromatic N) is 4. The molecule has 0 aromatic heterocycles. The molecule has 25 heavy (non-hydrogen) atoms. The van der Waals surface area contributed by atoms with Crippen molar-refractivity contribution in [2.24, 2.45) is 15.3 Å². The first kappa shape index (κ1) is 15.2. The molecule has 0 fully saturated rings. The number of hydrogen-bond donors (Lipinski definition) is 0. The highest BCUT2D eigenvalue weighted by Gasteiger charge is 2.35. The molecule has 0 bridgehead atoms. The molecule has 3 aromatic rings. The van der Waals surface area contributed by atoms with Crippen molar-refractivity contribution < 1.29 is 4.79 Å². The zero-order chi connectivity index (χ0) is 17.2. The molecule has 0 N–H and O–H groups in total. The van der Waals surface area contributed by atoms with Crippen LogP contribution >= 0.6 is 0 Å². The van der Waals surface area contributed by atoms with Crippen LogP contribution < -0.4 is 5.01 Å². The van der Waals surface area contributed by atoms with Crippen molar-refractivity contribution in [2.45, 2.75) is 13.0 Å². The lowest BCUT2D eigenvalue weighted by molar-refractivity contribution is -0.117. The SMILES string of the molecule is CC1=NN(c2cccc3ccccc23)C(=O)[C@@H]1N=Nc1ccccc1. The summed E-state index contributed by atoms with van der Waals surface area (Å²) in [5, 5.41) is 16.3. The maximum absolute atomic E-state index is 12.8. The summed E-state index contributed by atoms with van der Waals surface area (Å²) in [5.41, 5.74) is 2.11. The zero-order valence-electron chi connectivity index (χ0n) is 13.7. The van der Waals surface area contributed by atoms with Crippen LogP contribution in [0.4, 0.5) is 11.4 Å². The fourth-order valence-corrected chi connectivity index (χ4v) is 2.87. The molecule has 5 nitrogen and oxygen atoms in total. The van der Waals surface area contributed by atoms with Crippen LogP contribution in [0.3, 0.4) is 0 Å². The van der Waals surface area contributed by atoms with E-state index < -0.39 is 6.04 Å². The number of hydrazone groups is 1. The Morgan fingerprint density at radius 2 is 1.64 bits per heavy atom. The van der Waals surface area contributed by atoms with E-state index in [9.17, 15) is 4.79 Å². The number of hydrogen-bond acceptors (Lipinski definition) is 4. The summed E-state index contributed by atoms with van der Waals surface area (Å²) in [5.74, 6) is -0.187. The molecule has 5 heteroatoms. The number of carbonyl (C=O) groups excluding carboxylic acids is 1. The van der Waals surface area contributed by atoms with Crippen LogP contribution in [0.2, 0.25) is 0 Å². The molecule has 0 aliphatic carbocycles. The summed E-state index contributed by atoms with van der Waals surface area (Å²) in [6.45, 7) is 1.80. The molecule has 0 radical (unpaired) electrons. The molecule has 0 spiro atoms. The van der Waals surface area contributed by atoms with Crippen LogP contribution in [-0.4, -0.2) is 17.7 Å². The Balaban J connectivity index is 1.67. The third-order valence-corrected chi connectivity index (χ3v) is 4.14. The molecule has 1 amide bonds. The lowest BCUT2D eigenvalue weighted by atomic mass is 10.1. The Morgan fingerprint density at radius 3 is 2.48 bits per heavy atom. The van der Waals surface area contributed by atoms with Gasteiger partial charge in [-0.1, -0.05) is 54.6 Å². The molecule has 1 aliphatic heterocycles. The molecule has 0 unspecified atom stereocenters. The predicted octanol–water partition coefficient (Wildman–Crippen LogP) is 4.71. The van der Waals surface area contributed by atoms with Gasteiger partial charge < -0.3 is 0 Å². The summed E-state index contributed by atoms with van der Waals surface area (Å²) in [4.78, 5) is 12.8. The van der Waals surface area contributed by atoms with Crippen molar-refractivity contribution in [3.63, 3.8) is 0 Å². The number of anilines is 1. The standard InChI is InChI=1S/C20H16N4O/c1-14-19(22-21-16-10-3-2-4-11-16)20(25)24(23-14)18-13-7-9-15-8-5-6-12-17(15)18/h2-13,19H,1H3/t19-/m1/s1. The van der Waals surface area contributed by atoms with Gasteiger partial charge in [-0.25, -0.2) is 0 Å². The van der Waals surface area contributed by atoms with Crippen LogP contribution in [0.1, 0.15) is 6.92 Å². The second-order valence-corrected chi connectivity index (χ2v) is 5.84. The second kappa shape index (κ2) is 6.28. The molecular weight excluding hydrogens is 312 g/mol. The van der Waals surface area contributed by atoms with Gasteiger partial charge in [0.2, 0.25) is 0 Å². The van der Waals surface area contributed by atoms with Crippen LogP contribution in [0.15, 0.2) is 88.1 Å². The van der Waals surface area contributed by atoms with E-state index in [-0.39, 0.29) is 5.91 Å². The summed E-state index contributed by atoms with van der Waals surface area (Å²) in [6, 6.07) is 22.5. The van der Waals surface area contributed by atoms with Gasteiger partial charge in [0.1, 0.15) is 0 Å². The van der Waals surface area contributed by atoms with E-state index in [1.165, 1.54) is 5.01 Å². The van der Waals surface area contributed by atoms with Crippen molar-refractivity contribution in [2.75, 3.05) is 5.01 Å². The van der Waals surface area contributed by atoms with Gasteiger partial charge in [-0.2, -0.15) is 20.3 Å². The summed E-state index contributed by atoms with van der Waals surface area (Å²) < 4.78 is 0. The smallest absolute Gasteiger partial charge is 0.269 e. The van der Waals surface area contributed by atoms with Crippen LogP contribution in [-0.2, 0) is 4.79 Å². The minimum absolute atomic E-state index is 0.187. The Kier molecular flexibility index (Phi) is 3.82. The normalized spacial score (nSPS) is 17.5. The molecule has 0 saturated heterocycles. The maximum Gasteiger partial charge on any atom is 0.280 e. The predicted molar refractivity (Wildman–Crippen MR) is 99.3 cm³/mol. The van der Waals surface area contributed by atoms with Gasteiger partial charge in [0.05, 0.1) is 17.1 Å². The van der Waals surface area contributed by atoms with Crippen molar-refractivity contribution in [1.82, 2.24) is 0 Å². The van der Waals surface area contributed by atoms with Crippen molar-refractivity contribution in [1.29, 1.82) is 0 Å². The third-order valence-electron chi connectivity index (χ3n) is 4.14. The van der Waals surface area contributed by atoms with E-state index in [0.29, 0.717) is 11.4 Å². The van der Waals surface area contributed by atoms with E-state index in [0.717, 1.165) is 16.5 Å². The fourth-order valence-electron chi connectivity index (χ4n) is 2.87. The molecular formula is C20H16N4O. The molecule has 0 saturated carbocycles. The van der Waals surface area contributed by atoms with E-state index in [1.54, 1.807) is 6.92 Å². The summed E-state index contributed by atoms with van der Waals surface area (Å²) in [7, 11) is 0. The molecule has 1 atom stereocenters. The highest BCUT2D eigenvalue weighted by atomic mass is 16.2. The number of fused-ring (bicyclic) bond motifs is 1. The van der Waals surface area contributed by atoms with E-state index in [1.807, 2.05) is 72.8 Å². The first-order chi connectivity index (χ1) is 12.2. The van der Waals surface area contributed by atoms with Gasteiger partial charge in [0.25, 0.3) is 5.91 Å².